The Hall–Kier alpha value is -4.53. The Labute approximate surface area is 190 Å². The van der Waals surface area contributed by atoms with E-state index in [-0.39, 0.29) is 18.3 Å². The van der Waals surface area contributed by atoms with Crippen molar-refractivity contribution in [1.82, 2.24) is 0 Å². The molecule has 3 aromatic carbocycles. The van der Waals surface area contributed by atoms with Crippen molar-refractivity contribution < 1.29 is 19.4 Å². The van der Waals surface area contributed by atoms with Crippen LogP contribution in [0.15, 0.2) is 60.7 Å². The van der Waals surface area contributed by atoms with E-state index in [0.29, 0.717) is 39.5 Å². The quantitative estimate of drug-likeness (QED) is 0.167. The first-order chi connectivity index (χ1) is 15.7. The first kappa shape index (κ1) is 23.1. The predicted octanol–water partition coefficient (Wildman–Crippen LogP) is 3.19. The van der Waals surface area contributed by atoms with Crippen LogP contribution in [0.4, 0.5) is 17.1 Å². The summed E-state index contributed by atoms with van der Waals surface area (Å²) in [5, 5.41) is 22.4. The van der Waals surface area contributed by atoms with E-state index in [1.165, 1.54) is 0 Å². The summed E-state index contributed by atoms with van der Waals surface area (Å²) in [6, 6.07) is 17.0. The summed E-state index contributed by atoms with van der Waals surface area (Å²) in [5.41, 5.74) is 15.6. The van der Waals surface area contributed by atoms with Crippen LogP contribution in [0.2, 0.25) is 0 Å². The van der Waals surface area contributed by atoms with Gasteiger partial charge in [0.15, 0.2) is 6.61 Å². The molecule has 0 aromatic heterocycles. The number of nitrogens with two attached hydrogens (primary N) is 2. The minimum Gasteiger partial charge on any atom is -0.482 e. The Bertz CT molecular complexity index is 1190. The van der Waals surface area contributed by atoms with Gasteiger partial charge < -0.3 is 31.9 Å². The molecular formula is C24H25N5O4. The smallest absolute Gasteiger partial charge is 0.341 e. The minimum atomic E-state index is -1.08. The van der Waals surface area contributed by atoms with E-state index in [9.17, 15) is 9.59 Å². The number of carboxylic acids is 1. The maximum absolute atomic E-state index is 13.0. The Morgan fingerprint density at radius 1 is 1.06 bits per heavy atom. The number of anilines is 3. The number of rotatable bonds is 9. The topological polar surface area (TPSA) is 164 Å². The van der Waals surface area contributed by atoms with Gasteiger partial charge in [0.05, 0.1) is 5.56 Å². The highest BCUT2D eigenvalue weighted by atomic mass is 16.5. The molecule has 8 N–H and O–H groups in total. The molecule has 0 heterocycles. The van der Waals surface area contributed by atoms with Gasteiger partial charge in [-0.15, -0.1) is 0 Å². The molecule has 0 aliphatic heterocycles. The van der Waals surface area contributed by atoms with E-state index in [1.807, 2.05) is 13.0 Å². The number of benzene rings is 3. The van der Waals surface area contributed by atoms with Crippen molar-refractivity contribution in [3.05, 3.63) is 82.9 Å². The standard InChI is InChI=1S/C24H25N5O4/c1-14-2-8-20(28-12-16-11-17(25)5-9-21(16)33-13-22(30)31)19(10-14)24(32)29-18-6-3-15(4-7-18)23(26)27/h2-11,28H,12-13,25H2,1H3,(H3,26,27)(H,29,32)(H,30,31). The average molecular weight is 447 g/mol. The number of hydrogen-bond donors (Lipinski definition) is 6. The fraction of sp³-hybridized carbons (Fsp3) is 0.125. The molecule has 0 fully saturated rings. The van der Waals surface area contributed by atoms with E-state index in [0.717, 1.165) is 5.56 Å². The fourth-order valence-corrected chi connectivity index (χ4v) is 3.14. The minimum absolute atomic E-state index is 0.0497. The molecule has 0 unspecified atom stereocenters. The van der Waals surface area contributed by atoms with Gasteiger partial charge in [-0.2, -0.15) is 0 Å². The number of ether oxygens (including phenoxy) is 1. The summed E-state index contributed by atoms with van der Waals surface area (Å²) in [4.78, 5) is 23.8. The number of carboxylic acid groups (broad SMARTS) is 1. The van der Waals surface area contributed by atoms with Gasteiger partial charge in [-0.25, -0.2) is 4.79 Å². The Morgan fingerprint density at radius 3 is 2.45 bits per heavy atom. The second kappa shape index (κ2) is 10.2. The lowest BCUT2D eigenvalue weighted by Gasteiger charge is -2.16. The molecule has 170 valence electrons. The number of aryl methyl sites for hydroxylation is 1. The van der Waals surface area contributed by atoms with Crippen molar-refractivity contribution in [3.8, 4) is 5.75 Å². The number of nitrogens with one attached hydrogen (secondary N) is 3. The van der Waals surface area contributed by atoms with Crippen LogP contribution in [0, 0.1) is 12.3 Å². The SMILES string of the molecule is Cc1ccc(NCc2cc(N)ccc2OCC(=O)O)c(C(=O)Nc2ccc(C(=N)N)cc2)c1. The lowest BCUT2D eigenvalue weighted by Crippen LogP contribution is -2.16. The second-order valence-corrected chi connectivity index (χ2v) is 7.40. The van der Waals surface area contributed by atoms with Gasteiger partial charge in [-0.05, 0) is 61.5 Å². The van der Waals surface area contributed by atoms with Crippen LogP contribution in [-0.2, 0) is 11.3 Å². The summed E-state index contributed by atoms with van der Waals surface area (Å²) >= 11 is 0. The lowest BCUT2D eigenvalue weighted by atomic mass is 10.1. The molecule has 3 rings (SSSR count). The van der Waals surface area contributed by atoms with Crippen molar-refractivity contribution in [2.45, 2.75) is 13.5 Å². The predicted molar refractivity (Wildman–Crippen MR) is 128 cm³/mol. The Morgan fingerprint density at radius 2 is 1.79 bits per heavy atom. The number of amides is 1. The fourth-order valence-electron chi connectivity index (χ4n) is 3.14. The number of hydrogen-bond acceptors (Lipinski definition) is 6. The number of carbonyl (C=O) groups is 2. The lowest BCUT2D eigenvalue weighted by molar-refractivity contribution is -0.139. The third kappa shape index (κ3) is 6.23. The van der Waals surface area contributed by atoms with Crippen molar-refractivity contribution in [1.29, 1.82) is 5.41 Å². The molecule has 0 saturated carbocycles. The van der Waals surface area contributed by atoms with Gasteiger partial charge in [0, 0.05) is 34.7 Å². The van der Waals surface area contributed by atoms with Gasteiger partial charge in [0.25, 0.3) is 5.91 Å². The Balaban J connectivity index is 1.79. The molecule has 0 aliphatic rings. The van der Waals surface area contributed by atoms with Crippen LogP contribution in [0.5, 0.6) is 5.75 Å². The molecule has 0 atom stereocenters. The summed E-state index contributed by atoms with van der Waals surface area (Å²) in [6.07, 6.45) is 0. The van der Waals surface area contributed by atoms with Crippen LogP contribution in [0.25, 0.3) is 0 Å². The summed E-state index contributed by atoms with van der Waals surface area (Å²) in [6.45, 7) is 1.67. The maximum Gasteiger partial charge on any atom is 0.341 e. The van der Waals surface area contributed by atoms with Gasteiger partial charge in [0.1, 0.15) is 11.6 Å². The van der Waals surface area contributed by atoms with Crippen LogP contribution in [0.3, 0.4) is 0 Å². The highest BCUT2D eigenvalue weighted by Gasteiger charge is 2.14. The van der Waals surface area contributed by atoms with Gasteiger partial charge in [-0.1, -0.05) is 11.6 Å². The number of carbonyl (C=O) groups excluding carboxylic acids is 1. The van der Waals surface area contributed by atoms with Gasteiger partial charge >= 0.3 is 5.97 Å². The third-order valence-electron chi connectivity index (χ3n) is 4.78. The van der Waals surface area contributed by atoms with E-state index < -0.39 is 12.6 Å². The van der Waals surface area contributed by atoms with Crippen LogP contribution in [0.1, 0.15) is 27.0 Å². The zero-order valence-electron chi connectivity index (χ0n) is 18.0. The van der Waals surface area contributed by atoms with Gasteiger partial charge in [0.2, 0.25) is 0 Å². The molecule has 0 bridgehead atoms. The molecule has 33 heavy (non-hydrogen) atoms. The average Bonchev–Trinajstić information content (AvgIpc) is 2.77. The molecule has 0 spiro atoms. The molecule has 1 amide bonds. The molecule has 9 heteroatoms. The Kier molecular flexibility index (Phi) is 7.14. The maximum atomic E-state index is 13.0. The second-order valence-electron chi connectivity index (χ2n) is 7.40. The normalized spacial score (nSPS) is 10.3. The van der Waals surface area contributed by atoms with E-state index >= 15 is 0 Å². The molecule has 9 nitrogen and oxygen atoms in total. The van der Waals surface area contributed by atoms with Crippen LogP contribution < -0.4 is 26.8 Å². The molecule has 0 aliphatic carbocycles. The van der Waals surface area contributed by atoms with Crippen molar-refractivity contribution >= 4 is 34.8 Å². The van der Waals surface area contributed by atoms with Gasteiger partial charge in [-0.3, -0.25) is 10.2 Å². The zero-order valence-corrected chi connectivity index (χ0v) is 18.0. The summed E-state index contributed by atoms with van der Waals surface area (Å²) in [5.74, 6) is -1.06. The molecule has 3 aromatic rings. The highest BCUT2D eigenvalue weighted by molar-refractivity contribution is 6.08. The van der Waals surface area contributed by atoms with Crippen molar-refractivity contribution in [3.63, 3.8) is 0 Å². The van der Waals surface area contributed by atoms with E-state index in [2.05, 4.69) is 10.6 Å². The van der Waals surface area contributed by atoms with Crippen LogP contribution >= 0.6 is 0 Å². The monoisotopic (exact) mass is 447 g/mol. The zero-order chi connectivity index (χ0) is 24.0. The number of nitrogen functional groups attached to an aromatic ring is 2. The summed E-state index contributed by atoms with van der Waals surface area (Å²) in [7, 11) is 0. The highest BCUT2D eigenvalue weighted by Crippen LogP contribution is 2.25. The number of amidine groups is 1. The molecule has 0 saturated heterocycles. The van der Waals surface area contributed by atoms with Crippen molar-refractivity contribution in [2.75, 3.05) is 23.0 Å². The first-order valence-electron chi connectivity index (χ1n) is 10.1. The third-order valence-corrected chi connectivity index (χ3v) is 4.78. The number of aliphatic carboxylic acids is 1. The summed E-state index contributed by atoms with van der Waals surface area (Å²) < 4.78 is 5.35. The first-order valence-corrected chi connectivity index (χ1v) is 10.1. The van der Waals surface area contributed by atoms with Crippen LogP contribution in [-0.4, -0.2) is 29.4 Å². The largest absolute Gasteiger partial charge is 0.482 e. The molecule has 0 radical (unpaired) electrons. The molecular weight excluding hydrogens is 422 g/mol. The van der Waals surface area contributed by atoms with Crippen molar-refractivity contribution in [2.24, 2.45) is 5.73 Å². The van der Waals surface area contributed by atoms with E-state index in [4.69, 9.17) is 26.7 Å². The van der Waals surface area contributed by atoms with E-state index in [1.54, 1.807) is 54.6 Å².